The highest BCUT2D eigenvalue weighted by Crippen LogP contribution is 2.26. The number of nitrogens with one attached hydrogen (secondary N) is 1. The number of amides is 2. The Labute approximate surface area is 157 Å². The number of pyridine rings is 1. The Morgan fingerprint density at radius 2 is 2.27 bits per heavy atom. The van der Waals surface area contributed by atoms with Gasteiger partial charge in [-0.15, -0.1) is 11.3 Å². The van der Waals surface area contributed by atoms with E-state index in [4.69, 9.17) is 0 Å². The van der Waals surface area contributed by atoms with Gasteiger partial charge in [-0.2, -0.15) is 0 Å². The molecule has 6 nitrogen and oxygen atoms in total. The maximum Gasteiger partial charge on any atom is 0.266 e. The summed E-state index contributed by atoms with van der Waals surface area (Å²) in [4.78, 5) is 36.0. The number of aryl methyl sites for hydroxylation is 1. The molecule has 0 bridgehead atoms. The molecule has 2 amide bonds. The second-order valence-corrected chi connectivity index (χ2v) is 8.00. The van der Waals surface area contributed by atoms with Crippen LogP contribution in [0.2, 0.25) is 0 Å². The van der Waals surface area contributed by atoms with Crippen LogP contribution in [0.1, 0.15) is 58.5 Å². The third-order valence-corrected chi connectivity index (χ3v) is 5.86. The van der Waals surface area contributed by atoms with Crippen molar-refractivity contribution in [2.75, 3.05) is 6.54 Å². The Hall–Kier alpha value is -2.28. The first-order chi connectivity index (χ1) is 12.4. The van der Waals surface area contributed by atoms with Crippen LogP contribution in [0.25, 0.3) is 0 Å². The van der Waals surface area contributed by atoms with E-state index in [0.717, 1.165) is 22.7 Å². The molecule has 7 heteroatoms. The minimum absolute atomic E-state index is 0.000850. The first-order valence-electron chi connectivity index (χ1n) is 8.89. The standard InChI is InChI=1S/C19H24N4O2S/c1-12(2)18-21-13(3)17(26-18)19(25)23(10-14-5-4-8-20-9-14)11-15-6-7-16(24)22-15/h4-5,8-9,12,15H,6-7,10-11H2,1-3H3,(H,22,24)/t15-/m0/s1. The number of thiazole rings is 1. The van der Waals surface area contributed by atoms with Crippen molar-refractivity contribution in [3.05, 3.63) is 45.7 Å². The van der Waals surface area contributed by atoms with Gasteiger partial charge < -0.3 is 10.2 Å². The summed E-state index contributed by atoms with van der Waals surface area (Å²) in [6.45, 7) is 7.00. The number of hydrogen-bond donors (Lipinski definition) is 1. The summed E-state index contributed by atoms with van der Waals surface area (Å²) in [5.41, 5.74) is 1.74. The van der Waals surface area contributed by atoms with Crippen molar-refractivity contribution in [1.82, 2.24) is 20.2 Å². The van der Waals surface area contributed by atoms with Crippen LogP contribution in [0, 0.1) is 6.92 Å². The number of carbonyl (C=O) groups excluding carboxylic acids is 2. The molecule has 1 fully saturated rings. The molecule has 2 aromatic heterocycles. The molecule has 0 radical (unpaired) electrons. The Balaban J connectivity index is 1.83. The van der Waals surface area contributed by atoms with E-state index in [1.165, 1.54) is 11.3 Å². The van der Waals surface area contributed by atoms with Gasteiger partial charge in [0.25, 0.3) is 5.91 Å². The van der Waals surface area contributed by atoms with Crippen LogP contribution in [0.3, 0.4) is 0 Å². The van der Waals surface area contributed by atoms with Crippen LogP contribution >= 0.6 is 11.3 Å². The molecule has 1 N–H and O–H groups in total. The zero-order valence-electron chi connectivity index (χ0n) is 15.4. The van der Waals surface area contributed by atoms with Crippen molar-refractivity contribution >= 4 is 23.2 Å². The van der Waals surface area contributed by atoms with Gasteiger partial charge in [0.05, 0.1) is 10.7 Å². The third kappa shape index (κ3) is 4.27. The van der Waals surface area contributed by atoms with Gasteiger partial charge in [0.1, 0.15) is 4.88 Å². The number of aromatic nitrogens is 2. The van der Waals surface area contributed by atoms with Gasteiger partial charge in [0, 0.05) is 43.9 Å². The molecule has 2 aromatic rings. The lowest BCUT2D eigenvalue weighted by Crippen LogP contribution is -2.41. The summed E-state index contributed by atoms with van der Waals surface area (Å²) in [7, 11) is 0. The number of rotatable bonds is 6. The van der Waals surface area contributed by atoms with E-state index in [1.54, 1.807) is 17.3 Å². The van der Waals surface area contributed by atoms with Gasteiger partial charge in [-0.1, -0.05) is 19.9 Å². The van der Waals surface area contributed by atoms with Gasteiger partial charge in [-0.3, -0.25) is 14.6 Å². The normalized spacial score (nSPS) is 16.8. The van der Waals surface area contributed by atoms with Crippen molar-refractivity contribution in [1.29, 1.82) is 0 Å². The predicted octanol–water partition coefficient (Wildman–Crippen LogP) is 2.89. The Morgan fingerprint density at radius 1 is 1.46 bits per heavy atom. The summed E-state index contributed by atoms with van der Waals surface area (Å²) < 4.78 is 0. The maximum absolute atomic E-state index is 13.2. The minimum atomic E-state index is -0.0306. The van der Waals surface area contributed by atoms with Crippen LogP contribution < -0.4 is 5.32 Å². The Kier molecular flexibility index (Phi) is 5.66. The average molecular weight is 372 g/mol. The van der Waals surface area contributed by atoms with Crippen LogP contribution in [0.4, 0.5) is 0 Å². The highest BCUT2D eigenvalue weighted by Gasteiger charge is 2.28. The van der Waals surface area contributed by atoms with Gasteiger partial charge in [0.15, 0.2) is 0 Å². The smallest absolute Gasteiger partial charge is 0.266 e. The first-order valence-corrected chi connectivity index (χ1v) is 9.70. The third-order valence-electron chi connectivity index (χ3n) is 4.41. The Bertz CT molecular complexity index is 788. The molecule has 1 aliphatic heterocycles. The summed E-state index contributed by atoms with van der Waals surface area (Å²) in [5, 5.41) is 3.93. The van der Waals surface area contributed by atoms with Gasteiger partial charge >= 0.3 is 0 Å². The molecule has 0 spiro atoms. The van der Waals surface area contributed by atoms with E-state index < -0.39 is 0 Å². The number of hydrogen-bond acceptors (Lipinski definition) is 5. The lowest BCUT2D eigenvalue weighted by molar-refractivity contribution is -0.119. The quantitative estimate of drug-likeness (QED) is 0.846. The van der Waals surface area contributed by atoms with Crippen LogP contribution in [0.15, 0.2) is 24.5 Å². The van der Waals surface area contributed by atoms with Crippen molar-refractivity contribution in [2.45, 2.75) is 52.1 Å². The van der Waals surface area contributed by atoms with Crippen LogP contribution in [0.5, 0.6) is 0 Å². The molecule has 0 unspecified atom stereocenters. The van der Waals surface area contributed by atoms with E-state index in [9.17, 15) is 9.59 Å². The van der Waals surface area contributed by atoms with Gasteiger partial charge in [-0.05, 0) is 25.0 Å². The van der Waals surface area contributed by atoms with Gasteiger partial charge in [0.2, 0.25) is 5.91 Å². The number of nitrogens with zero attached hydrogens (tertiary/aromatic N) is 3. The predicted molar refractivity (Wildman–Crippen MR) is 101 cm³/mol. The van der Waals surface area contributed by atoms with E-state index in [2.05, 4.69) is 29.1 Å². The first kappa shape index (κ1) is 18.5. The summed E-state index contributed by atoms with van der Waals surface area (Å²) in [5.74, 6) is 0.317. The molecule has 138 valence electrons. The molecule has 1 atom stereocenters. The SMILES string of the molecule is Cc1nc(C(C)C)sc1C(=O)N(Cc1cccnc1)C[C@@H]1CCC(=O)N1. The molecule has 0 saturated carbocycles. The monoisotopic (exact) mass is 372 g/mol. The van der Waals surface area contributed by atoms with Crippen molar-refractivity contribution in [2.24, 2.45) is 0 Å². The second-order valence-electron chi connectivity index (χ2n) is 6.97. The molecular formula is C19H24N4O2S. The molecule has 1 saturated heterocycles. The molecule has 3 heterocycles. The molecule has 26 heavy (non-hydrogen) atoms. The second kappa shape index (κ2) is 7.95. The largest absolute Gasteiger partial charge is 0.352 e. The highest BCUT2D eigenvalue weighted by molar-refractivity contribution is 7.13. The van der Waals surface area contributed by atoms with Crippen molar-refractivity contribution in [3.8, 4) is 0 Å². The summed E-state index contributed by atoms with van der Waals surface area (Å²) >= 11 is 1.47. The number of carbonyl (C=O) groups is 2. The average Bonchev–Trinajstić information content (AvgIpc) is 3.20. The zero-order valence-corrected chi connectivity index (χ0v) is 16.2. The molecule has 3 rings (SSSR count). The molecule has 0 aliphatic carbocycles. The van der Waals surface area contributed by atoms with Gasteiger partial charge in [-0.25, -0.2) is 4.98 Å². The maximum atomic E-state index is 13.2. The molecule has 1 aliphatic rings. The summed E-state index contributed by atoms with van der Waals surface area (Å²) in [6.07, 6.45) is 4.77. The van der Waals surface area contributed by atoms with Crippen LogP contribution in [-0.4, -0.2) is 39.3 Å². The molecular weight excluding hydrogens is 348 g/mol. The lowest BCUT2D eigenvalue weighted by atomic mass is 10.2. The molecule has 0 aromatic carbocycles. The Morgan fingerprint density at radius 3 is 2.85 bits per heavy atom. The fourth-order valence-electron chi connectivity index (χ4n) is 3.02. The van der Waals surface area contributed by atoms with E-state index >= 15 is 0 Å². The fourth-order valence-corrected chi connectivity index (χ4v) is 4.06. The summed E-state index contributed by atoms with van der Waals surface area (Å²) in [6, 6.07) is 3.82. The topological polar surface area (TPSA) is 75.2 Å². The van der Waals surface area contributed by atoms with Crippen LogP contribution in [-0.2, 0) is 11.3 Å². The van der Waals surface area contributed by atoms with E-state index in [1.807, 2.05) is 19.1 Å². The zero-order chi connectivity index (χ0) is 18.7. The van der Waals surface area contributed by atoms with E-state index in [0.29, 0.717) is 30.3 Å². The fraction of sp³-hybridized carbons (Fsp3) is 0.474. The van der Waals surface area contributed by atoms with E-state index in [-0.39, 0.29) is 17.9 Å². The highest BCUT2D eigenvalue weighted by atomic mass is 32.1. The lowest BCUT2D eigenvalue weighted by Gasteiger charge is -2.25. The minimum Gasteiger partial charge on any atom is -0.352 e. The van der Waals surface area contributed by atoms with Crippen molar-refractivity contribution in [3.63, 3.8) is 0 Å². The van der Waals surface area contributed by atoms with Crippen molar-refractivity contribution < 1.29 is 9.59 Å².